The Bertz CT molecular complexity index is 1060. The van der Waals surface area contributed by atoms with Crippen molar-refractivity contribution in [2.24, 2.45) is 14.1 Å². The predicted octanol–water partition coefficient (Wildman–Crippen LogP) is 2.85. The summed E-state index contributed by atoms with van der Waals surface area (Å²) >= 11 is 7.83. The van der Waals surface area contributed by atoms with E-state index in [4.69, 9.17) is 21.3 Å². The van der Waals surface area contributed by atoms with Gasteiger partial charge in [0.25, 0.3) is 5.91 Å². The van der Waals surface area contributed by atoms with Gasteiger partial charge < -0.3 is 4.74 Å². The number of aromatic nitrogens is 5. The molecule has 1 amide bonds. The Morgan fingerprint density at radius 1 is 1.31 bits per heavy atom. The number of ether oxygens (including phenoxy) is 1. The Morgan fingerprint density at radius 3 is 2.86 bits per heavy atom. The summed E-state index contributed by atoms with van der Waals surface area (Å²) in [5.74, 6) is -0.206. The van der Waals surface area contributed by atoms with Gasteiger partial charge in [-0.2, -0.15) is 10.2 Å². The summed E-state index contributed by atoms with van der Waals surface area (Å²) in [6.07, 6.45) is 7.12. The van der Waals surface area contributed by atoms with Crippen molar-refractivity contribution in [1.29, 1.82) is 0 Å². The highest BCUT2D eigenvalue weighted by Crippen LogP contribution is 2.40. The summed E-state index contributed by atoms with van der Waals surface area (Å²) in [5, 5.41) is 9.52. The van der Waals surface area contributed by atoms with Crippen LogP contribution in [0.2, 0.25) is 5.02 Å². The molecule has 0 radical (unpaired) electrons. The van der Waals surface area contributed by atoms with Crippen molar-refractivity contribution >= 4 is 34.0 Å². The summed E-state index contributed by atoms with van der Waals surface area (Å²) in [6, 6.07) is 0. The van der Waals surface area contributed by atoms with Gasteiger partial charge in [-0.05, 0) is 25.7 Å². The SMILES string of the molecule is Cn1ncc2c1CCc1sc(N(CC3CCCO3)C(=O)c3c(Cl)cnn3C)nc1-2. The van der Waals surface area contributed by atoms with Crippen LogP contribution in [-0.4, -0.2) is 49.7 Å². The molecule has 3 aromatic rings. The monoisotopic (exact) mass is 432 g/mol. The molecule has 8 nitrogen and oxygen atoms in total. The standard InChI is InChI=1S/C19H21ClN6O2S/c1-24-14-5-6-15-16(12(14)8-21-24)23-19(29-15)26(10-11-4-3-7-28-11)18(27)17-13(20)9-22-25(17)2/h8-9,11H,3-7,10H2,1-2H3. The van der Waals surface area contributed by atoms with E-state index >= 15 is 0 Å². The van der Waals surface area contributed by atoms with Crippen LogP contribution in [0.15, 0.2) is 12.4 Å². The van der Waals surface area contributed by atoms with E-state index in [1.165, 1.54) is 21.4 Å². The fraction of sp³-hybridized carbons (Fsp3) is 0.474. The molecule has 10 heteroatoms. The maximum atomic E-state index is 13.5. The molecule has 1 aliphatic heterocycles. The molecular weight excluding hydrogens is 412 g/mol. The Labute approximate surface area is 177 Å². The molecule has 0 N–H and O–H groups in total. The molecule has 152 valence electrons. The minimum atomic E-state index is -0.206. The highest BCUT2D eigenvalue weighted by Gasteiger charge is 2.32. The van der Waals surface area contributed by atoms with Gasteiger partial charge in [0.1, 0.15) is 5.69 Å². The molecule has 0 saturated carbocycles. The zero-order chi connectivity index (χ0) is 20.1. The molecule has 1 saturated heterocycles. The molecular formula is C19H21ClN6O2S. The number of hydrogen-bond donors (Lipinski definition) is 0. The van der Waals surface area contributed by atoms with E-state index in [0.29, 0.717) is 22.4 Å². The fourth-order valence-electron chi connectivity index (χ4n) is 4.04. The van der Waals surface area contributed by atoms with E-state index in [-0.39, 0.29) is 12.0 Å². The van der Waals surface area contributed by atoms with Gasteiger partial charge in [-0.15, -0.1) is 11.3 Å². The second-order valence-corrected chi connectivity index (χ2v) is 8.88. The van der Waals surface area contributed by atoms with Crippen LogP contribution >= 0.6 is 22.9 Å². The predicted molar refractivity (Wildman–Crippen MR) is 111 cm³/mol. The number of carbonyl (C=O) groups is 1. The van der Waals surface area contributed by atoms with Crippen LogP contribution < -0.4 is 4.90 Å². The van der Waals surface area contributed by atoms with Gasteiger partial charge in [-0.25, -0.2) is 4.98 Å². The summed E-state index contributed by atoms with van der Waals surface area (Å²) in [6.45, 7) is 1.18. The van der Waals surface area contributed by atoms with Gasteiger partial charge >= 0.3 is 0 Å². The van der Waals surface area contributed by atoms with Crippen LogP contribution in [0, 0.1) is 0 Å². The first-order chi connectivity index (χ1) is 14.0. The van der Waals surface area contributed by atoms with Crippen LogP contribution in [0.3, 0.4) is 0 Å². The molecule has 29 heavy (non-hydrogen) atoms. The van der Waals surface area contributed by atoms with E-state index in [9.17, 15) is 4.79 Å². The van der Waals surface area contributed by atoms with Crippen molar-refractivity contribution < 1.29 is 9.53 Å². The second-order valence-electron chi connectivity index (χ2n) is 7.41. The van der Waals surface area contributed by atoms with E-state index in [1.54, 1.807) is 23.3 Å². The lowest BCUT2D eigenvalue weighted by Crippen LogP contribution is -2.38. The van der Waals surface area contributed by atoms with Crippen LogP contribution in [0.25, 0.3) is 11.3 Å². The van der Waals surface area contributed by atoms with Gasteiger partial charge in [0.05, 0.1) is 35.8 Å². The Hall–Kier alpha value is -2.23. The van der Waals surface area contributed by atoms with Crippen molar-refractivity contribution in [2.75, 3.05) is 18.1 Å². The van der Waals surface area contributed by atoms with E-state index in [0.717, 1.165) is 43.5 Å². The fourth-order valence-corrected chi connectivity index (χ4v) is 5.37. The van der Waals surface area contributed by atoms with Gasteiger partial charge in [0, 0.05) is 36.8 Å². The molecule has 1 unspecified atom stereocenters. The highest BCUT2D eigenvalue weighted by molar-refractivity contribution is 7.16. The molecule has 4 heterocycles. The first kappa shape index (κ1) is 18.8. The molecule has 3 aromatic heterocycles. The molecule has 1 aliphatic carbocycles. The molecule has 0 spiro atoms. The van der Waals surface area contributed by atoms with Crippen LogP contribution in [0.1, 0.15) is 33.9 Å². The Morgan fingerprint density at radius 2 is 2.14 bits per heavy atom. The van der Waals surface area contributed by atoms with Gasteiger partial charge in [0.15, 0.2) is 5.13 Å². The highest BCUT2D eigenvalue weighted by atomic mass is 35.5. The molecule has 1 fully saturated rings. The van der Waals surface area contributed by atoms with Crippen LogP contribution in [0.4, 0.5) is 5.13 Å². The molecule has 2 aliphatic rings. The Kier molecular flexibility index (Phi) is 4.68. The van der Waals surface area contributed by atoms with Crippen molar-refractivity contribution in [3.8, 4) is 11.3 Å². The molecule has 5 rings (SSSR count). The number of fused-ring (bicyclic) bond motifs is 3. The average Bonchev–Trinajstić information content (AvgIpc) is 3.47. The van der Waals surface area contributed by atoms with Gasteiger partial charge in [0.2, 0.25) is 0 Å². The number of carbonyl (C=O) groups excluding carboxylic acids is 1. The number of anilines is 1. The van der Waals surface area contributed by atoms with E-state index in [2.05, 4.69) is 10.2 Å². The lowest BCUT2D eigenvalue weighted by Gasteiger charge is -2.23. The van der Waals surface area contributed by atoms with Gasteiger partial charge in [-0.3, -0.25) is 19.1 Å². The number of nitrogens with zero attached hydrogens (tertiary/aromatic N) is 6. The summed E-state index contributed by atoms with van der Waals surface area (Å²) in [5.41, 5.74) is 3.53. The molecule has 0 bridgehead atoms. The molecule has 1 atom stereocenters. The lowest BCUT2D eigenvalue weighted by atomic mass is 10.0. The summed E-state index contributed by atoms with van der Waals surface area (Å²) in [4.78, 5) is 21.2. The van der Waals surface area contributed by atoms with Crippen LogP contribution in [0.5, 0.6) is 0 Å². The third-order valence-corrected chi connectivity index (χ3v) is 6.99. The zero-order valence-electron chi connectivity index (χ0n) is 16.3. The van der Waals surface area contributed by atoms with E-state index in [1.807, 2.05) is 17.9 Å². The number of aryl methyl sites for hydroxylation is 3. The first-order valence-electron chi connectivity index (χ1n) is 9.65. The van der Waals surface area contributed by atoms with Crippen molar-refractivity contribution in [1.82, 2.24) is 24.5 Å². The lowest BCUT2D eigenvalue weighted by molar-refractivity contribution is 0.0910. The van der Waals surface area contributed by atoms with Crippen molar-refractivity contribution in [3.05, 3.63) is 33.7 Å². The maximum Gasteiger partial charge on any atom is 0.279 e. The quantitative estimate of drug-likeness (QED) is 0.633. The Balaban J connectivity index is 1.55. The molecule has 0 aromatic carbocycles. The number of hydrogen-bond acceptors (Lipinski definition) is 6. The topological polar surface area (TPSA) is 78.1 Å². The summed E-state index contributed by atoms with van der Waals surface area (Å²) < 4.78 is 9.23. The van der Waals surface area contributed by atoms with Crippen molar-refractivity contribution in [3.63, 3.8) is 0 Å². The smallest absolute Gasteiger partial charge is 0.279 e. The second kappa shape index (κ2) is 7.23. The maximum absolute atomic E-state index is 13.5. The zero-order valence-corrected chi connectivity index (χ0v) is 17.8. The minimum absolute atomic E-state index is 0.000772. The number of amides is 1. The number of halogens is 1. The third kappa shape index (κ3) is 3.17. The number of thiazole rings is 1. The summed E-state index contributed by atoms with van der Waals surface area (Å²) in [7, 11) is 3.67. The number of rotatable bonds is 4. The third-order valence-electron chi connectivity index (χ3n) is 5.57. The largest absolute Gasteiger partial charge is 0.376 e. The van der Waals surface area contributed by atoms with Crippen LogP contribution in [-0.2, 0) is 31.7 Å². The average molecular weight is 433 g/mol. The van der Waals surface area contributed by atoms with Crippen molar-refractivity contribution in [2.45, 2.75) is 31.8 Å². The minimum Gasteiger partial charge on any atom is -0.376 e. The first-order valence-corrected chi connectivity index (χ1v) is 10.8. The normalized spacial score (nSPS) is 18.0. The van der Waals surface area contributed by atoms with E-state index < -0.39 is 0 Å². The van der Waals surface area contributed by atoms with Gasteiger partial charge in [-0.1, -0.05) is 11.6 Å².